The summed E-state index contributed by atoms with van der Waals surface area (Å²) in [6, 6.07) is 22.5. The highest BCUT2D eigenvalue weighted by Gasteiger charge is 2.36. The number of aryl methyl sites for hydroxylation is 2. The normalized spacial score (nSPS) is 14.4. The van der Waals surface area contributed by atoms with Crippen LogP contribution in [0.4, 0.5) is 0 Å². The van der Waals surface area contributed by atoms with E-state index in [-0.39, 0.29) is 11.3 Å². The monoisotopic (exact) mass is 465 g/mol. The largest absolute Gasteiger partial charge is 0.508 e. The van der Waals surface area contributed by atoms with Crippen molar-refractivity contribution in [2.45, 2.75) is 13.0 Å². The Bertz CT molecular complexity index is 1740. The van der Waals surface area contributed by atoms with Gasteiger partial charge in [0.15, 0.2) is 6.10 Å². The molecular formula is C28H23N3O4. The number of phenolic OH excluding ortho intramolecular Hbond substituents is 1. The molecule has 2 aromatic heterocycles. The standard InChI is InChI=1S/C28H23N3O4/c1-16-8-10-17(11-9-16)23-22-24(29(2)28(34)30(3)27(22)33)25-26(18-12-14-19(32)15-13-18)35-21-7-5-4-6-20(21)31(23)25/h4-15,26,32H,1-3H3/t26-/m0/s1. The summed E-state index contributed by atoms with van der Waals surface area (Å²) >= 11 is 0. The van der Waals surface area contributed by atoms with Crippen LogP contribution < -0.4 is 16.0 Å². The molecule has 6 rings (SSSR count). The number of fused-ring (bicyclic) bond motifs is 5. The van der Waals surface area contributed by atoms with Crippen LogP contribution in [0.1, 0.15) is 22.9 Å². The van der Waals surface area contributed by atoms with Crippen molar-refractivity contribution in [2.75, 3.05) is 0 Å². The van der Waals surface area contributed by atoms with Crippen LogP contribution in [0.15, 0.2) is 82.4 Å². The molecule has 174 valence electrons. The quantitative estimate of drug-likeness (QED) is 0.424. The number of hydrogen-bond donors (Lipinski definition) is 1. The van der Waals surface area contributed by atoms with Gasteiger partial charge in [-0.1, -0.05) is 54.1 Å². The minimum absolute atomic E-state index is 0.145. The van der Waals surface area contributed by atoms with E-state index in [0.29, 0.717) is 28.0 Å². The summed E-state index contributed by atoms with van der Waals surface area (Å²) < 4.78 is 11.2. The van der Waals surface area contributed by atoms with Crippen LogP contribution in [0.3, 0.4) is 0 Å². The molecule has 3 heterocycles. The lowest BCUT2D eigenvalue weighted by atomic mass is 10.0. The minimum atomic E-state index is -0.607. The molecule has 0 saturated heterocycles. The molecule has 0 fully saturated rings. The summed E-state index contributed by atoms with van der Waals surface area (Å²) in [6.07, 6.45) is -0.607. The van der Waals surface area contributed by atoms with Crippen LogP contribution in [-0.2, 0) is 14.1 Å². The summed E-state index contributed by atoms with van der Waals surface area (Å²) in [5, 5.41) is 10.3. The van der Waals surface area contributed by atoms with Crippen LogP contribution in [0.2, 0.25) is 0 Å². The smallest absolute Gasteiger partial charge is 0.331 e. The molecule has 7 heteroatoms. The number of para-hydroxylation sites is 2. The van der Waals surface area contributed by atoms with Gasteiger partial charge in [-0.05, 0) is 42.3 Å². The van der Waals surface area contributed by atoms with E-state index in [9.17, 15) is 14.7 Å². The lowest BCUT2D eigenvalue weighted by molar-refractivity contribution is 0.229. The number of rotatable bonds is 2. The van der Waals surface area contributed by atoms with Crippen molar-refractivity contribution in [3.8, 4) is 28.4 Å². The average Bonchev–Trinajstić information content (AvgIpc) is 3.23. The molecule has 1 aliphatic rings. The zero-order valence-corrected chi connectivity index (χ0v) is 19.5. The van der Waals surface area contributed by atoms with E-state index < -0.39 is 11.8 Å². The summed E-state index contributed by atoms with van der Waals surface area (Å²) in [6.45, 7) is 2.02. The van der Waals surface area contributed by atoms with Crippen molar-refractivity contribution in [1.29, 1.82) is 0 Å². The molecule has 0 saturated carbocycles. The Labute approximate surface area is 200 Å². The SMILES string of the molecule is Cc1ccc(-c2c3c(=O)n(C)c(=O)n(C)c3c3n2-c2ccccc2O[C@H]3c2ccc(O)cc2)cc1. The van der Waals surface area contributed by atoms with Crippen molar-refractivity contribution in [3.05, 3.63) is 110 Å². The van der Waals surface area contributed by atoms with Crippen LogP contribution in [0, 0.1) is 6.92 Å². The number of hydrogen-bond acceptors (Lipinski definition) is 4. The summed E-state index contributed by atoms with van der Waals surface area (Å²) in [7, 11) is 3.18. The number of ether oxygens (including phenoxy) is 1. The van der Waals surface area contributed by atoms with Gasteiger partial charge in [-0.15, -0.1) is 0 Å². The van der Waals surface area contributed by atoms with Gasteiger partial charge in [-0.25, -0.2) is 4.79 Å². The third kappa shape index (κ3) is 2.98. The summed E-state index contributed by atoms with van der Waals surface area (Å²) in [4.78, 5) is 26.7. The molecule has 1 atom stereocenters. The molecule has 0 aliphatic carbocycles. The second-order valence-corrected chi connectivity index (χ2v) is 8.92. The molecule has 0 spiro atoms. The van der Waals surface area contributed by atoms with Crippen molar-refractivity contribution >= 4 is 10.9 Å². The lowest BCUT2D eigenvalue weighted by Gasteiger charge is -2.30. The molecule has 0 amide bonds. The molecule has 0 radical (unpaired) electrons. The zero-order chi connectivity index (χ0) is 24.4. The number of nitrogens with zero attached hydrogens (tertiary/aromatic N) is 3. The lowest BCUT2D eigenvalue weighted by Crippen LogP contribution is -2.37. The number of phenols is 1. The first-order valence-corrected chi connectivity index (χ1v) is 11.3. The Morgan fingerprint density at radius 3 is 2.26 bits per heavy atom. The zero-order valence-electron chi connectivity index (χ0n) is 19.5. The molecule has 3 aromatic carbocycles. The van der Waals surface area contributed by atoms with Crippen LogP contribution >= 0.6 is 0 Å². The van der Waals surface area contributed by atoms with E-state index in [1.54, 1.807) is 31.3 Å². The maximum Gasteiger partial charge on any atom is 0.331 e. The van der Waals surface area contributed by atoms with Gasteiger partial charge in [-0.3, -0.25) is 13.9 Å². The van der Waals surface area contributed by atoms with Gasteiger partial charge in [0.2, 0.25) is 0 Å². The Balaban J connectivity index is 1.85. The summed E-state index contributed by atoms with van der Waals surface area (Å²) in [5.41, 5.74) is 4.72. The second kappa shape index (κ2) is 7.50. The second-order valence-electron chi connectivity index (χ2n) is 8.92. The molecule has 7 nitrogen and oxygen atoms in total. The topological polar surface area (TPSA) is 78.4 Å². The van der Waals surface area contributed by atoms with Gasteiger partial charge in [0.05, 0.1) is 28.0 Å². The van der Waals surface area contributed by atoms with E-state index in [0.717, 1.165) is 26.9 Å². The molecule has 1 N–H and O–H groups in total. The van der Waals surface area contributed by atoms with Crippen molar-refractivity contribution in [3.63, 3.8) is 0 Å². The van der Waals surface area contributed by atoms with Gasteiger partial charge in [0, 0.05) is 14.1 Å². The fraction of sp³-hybridized carbons (Fsp3) is 0.143. The number of benzene rings is 3. The molecule has 35 heavy (non-hydrogen) atoms. The molecule has 0 bridgehead atoms. The average molecular weight is 466 g/mol. The van der Waals surface area contributed by atoms with E-state index in [1.807, 2.05) is 60.0 Å². The minimum Gasteiger partial charge on any atom is -0.508 e. The first kappa shape index (κ1) is 21.0. The maximum atomic E-state index is 13.6. The highest BCUT2D eigenvalue weighted by atomic mass is 16.5. The maximum absolute atomic E-state index is 13.6. The van der Waals surface area contributed by atoms with Gasteiger partial charge in [-0.2, -0.15) is 0 Å². The van der Waals surface area contributed by atoms with Crippen LogP contribution in [0.5, 0.6) is 11.5 Å². The van der Waals surface area contributed by atoms with E-state index >= 15 is 0 Å². The fourth-order valence-electron chi connectivity index (χ4n) is 4.97. The molecule has 1 aliphatic heterocycles. The Morgan fingerprint density at radius 2 is 1.54 bits per heavy atom. The van der Waals surface area contributed by atoms with Gasteiger partial charge >= 0.3 is 5.69 Å². The highest BCUT2D eigenvalue weighted by Crippen LogP contribution is 2.46. The van der Waals surface area contributed by atoms with Gasteiger partial charge in [0.25, 0.3) is 5.56 Å². The Morgan fingerprint density at radius 1 is 0.857 bits per heavy atom. The van der Waals surface area contributed by atoms with Crippen LogP contribution in [0.25, 0.3) is 27.8 Å². The predicted octanol–water partition coefficient (Wildman–Crippen LogP) is 4.19. The third-order valence-electron chi connectivity index (χ3n) is 6.73. The van der Waals surface area contributed by atoms with Gasteiger partial charge in [0.1, 0.15) is 11.5 Å². The molecule has 5 aromatic rings. The number of aromatic nitrogens is 3. The predicted molar refractivity (Wildman–Crippen MR) is 135 cm³/mol. The van der Waals surface area contributed by atoms with Crippen molar-refractivity contribution < 1.29 is 9.84 Å². The Kier molecular flexibility index (Phi) is 4.51. The van der Waals surface area contributed by atoms with E-state index in [2.05, 4.69) is 0 Å². The van der Waals surface area contributed by atoms with E-state index in [1.165, 1.54) is 11.6 Å². The van der Waals surface area contributed by atoms with Gasteiger partial charge < -0.3 is 14.4 Å². The third-order valence-corrected chi connectivity index (χ3v) is 6.73. The number of aromatic hydroxyl groups is 1. The first-order chi connectivity index (χ1) is 16.9. The van der Waals surface area contributed by atoms with E-state index in [4.69, 9.17) is 4.74 Å². The highest BCUT2D eigenvalue weighted by molar-refractivity contribution is 5.98. The molecular weight excluding hydrogens is 442 g/mol. The molecule has 0 unspecified atom stereocenters. The van der Waals surface area contributed by atoms with Crippen molar-refractivity contribution in [2.24, 2.45) is 14.1 Å². The van der Waals surface area contributed by atoms with Crippen LogP contribution in [-0.4, -0.2) is 18.8 Å². The Hall–Kier alpha value is -4.52. The summed E-state index contributed by atoms with van der Waals surface area (Å²) in [5.74, 6) is 0.806. The fourth-order valence-corrected chi connectivity index (χ4v) is 4.97. The van der Waals surface area contributed by atoms with Crippen molar-refractivity contribution in [1.82, 2.24) is 13.7 Å². The first-order valence-electron chi connectivity index (χ1n) is 11.3.